The van der Waals surface area contributed by atoms with Crippen LogP contribution >= 0.6 is 0 Å². The smallest absolute Gasteiger partial charge is 0.255 e. The second-order valence-electron chi connectivity index (χ2n) is 5.50. The van der Waals surface area contributed by atoms with Crippen molar-refractivity contribution in [2.75, 3.05) is 10.6 Å². The maximum Gasteiger partial charge on any atom is 0.255 e. The van der Waals surface area contributed by atoms with Crippen LogP contribution in [0.25, 0.3) is 0 Å². The summed E-state index contributed by atoms with van der Waals surface area (Å²) in [4.78, 5) is 12.1. The Bertz CT molecular complexity index is 865. The number of halogens is 2. The van der Waals surface area contributed by atoms with E-state index in [0.717, 1.165) is 17.8 Å². The molecule has 126 valence electrons. The van der Waals surface area contributed by atoms with Crippen molar-refractivity contribution in [3.8, 4) is 0 Å². The predicted octanol–water partition coefficient (Wildman–Crippen LogP) is 4.83. The molecule has 1 amide bonds. The van der Waals surface area contributed by atoms with Gasteiger partial charge in [-0.15, -0.1) is 0 Å². The maximum atomic E-state index is 13.2. The van der Waals surface area contributed by atoms with Gasteiger partial charge < -0.3 is 10.6 Å². The summed E-state index contributed by atoms with van der Waals surface area (Å²) < 4.78 is 26.1. The van der Waals surface area contributed by atoms with E-state index in [0.29, 0.717) is 12.2 Å². The summed E-state index contributed by atoms with van der Waals surface area (Å²) in [6, 6.07) is 20.2. The molecular weight excluding hydrogens is 322 g/mol. The van der Waals surface area contributed by atoms with Crippen molar-refractivity contribution >= 4 is 17.3 Å². The summed E-state index contributed by atoms with van der Waals surface area (Å²) >= 11 is 0. The van der Waals surface area contributed by atoms with E-state index in [1.54, 1.807) is 12.1 Å². The Kier molecular flexibility index (Phi) is 5.04. The molecule has 0 heterocycles. The third-order valence-electron chi connectivity index (χ3n) is 3.66. The number of carbonyl (C=O) groups excluding carboxylic acids is 1. The van der Waals surface area contributed by atoms with Crippen molar-refractivity contribution in [3.05, 3.63) is 95.6 Å². The van der Waals surface area contributed by atoms with Gasteiger partial charge in [0.1, 0.15) is 0 Å². The van der Waals surface area contributed by atoms with Gasteiger partial charge in [0.15, 0.2) is 11.6 Å². The lowest BCUT2D eigenvalue weighted by atomic mass is 10.2. The fourth-order valence-electron chi connectivity index (χ4n) is 2.31. The van der Waals surface area contributed by atoms with Gasteiger partial charge in [-0.2, -0.15) is 0 Å². The van der Waals surface area contributed by atoms with Gasteiger partial charge in [-0.3, -0.25) is 4.79 Å². The highest BCUT2D eigenvalue weighted by atomic mass is 19.2. The average Bonchev–Trinajstić information content (AvgIpc) is 2.64. The van der Waals surface area contributed by atoms with E-state index in [-0.39, 0.29) is 5.56 Å². The molecule has 0 atom stereocenters. The molecule has 0 aliphatic heterocycles. The van der Waals surface area contributed by atoms with Gasteiger partial charge in [-0.25, -0.2) is 8.78 Å². The number of hydrogen-bond donors (Lipinski definition) is 2. The van der Waals surface area contributed by atoms with Gasteiger partial charge in [0, 0.05) is 23.5 Å². The molecule has 3 aromatic carbocycles. The molecule has 0 saturated carbocycles. The number of benzene rings is 3. The fourth-order valence-corrected chi connectivity index (χ4v) is 2.31. The van der Waals surface area contributed by atoms with Crippen LogP contribution < -0.4 is 10.6 Å². The molecule has 0 bridgehead atoms. The molecule has 3 aromatic rings. The highest BCUT2D eigenvalue weighted by Gasteiger charge is 2.10. The first-order valence-electron chi connectivity index (χ1n) is 7.76. The van der Waals surface area contributed by atoms with Gasteiger partial charge in [0.25, 0.3) is 5.91 Å². The van der Waals surface area contributed by atoms with Crippen LogP contribution in [-0.4, -0.2) is 5.91 Å². The Balaban J connectivity index is 1.60. The van der Waals surface area contributed by atoms with Crippen LogP contribution in [0.3, 0.4) is 0 Å². The zero-order chi connectivity index (χ0) is 17.6. The first-order valence-corrected chi connectivity index (χ1v) is 7.76. The van der Waals surface area contributed by atoms with Crippen LogP contribution in [0, 0.1) is 11.6 Å². The van der Waals surface area contributed by atoms with Crippen molar-refractivity contribution in [3.63, 3.8) is 0 Å². The Labute approximate surface area is 144 Å². The van der Waals surface area contributed by atoms with E-state index in [1.165, 1.54) is 11.6 Å². The van der Waals surface area contributed by atoms with Gasteiger partial charge in [0.05, 0.1) is 0 Å². The van der Waals surface area contributed by atoms with Crippen LogP contribution in [0.4, 0.5) is 20.2 Å². The van der Waals surface area contributed by atoms with E-state index in [2.05, 4.69) is 10.6 Å². The molecule has 0 fully saturated rings. The molecule has 0 aromatic heterocycles. The summed E-state index contributed by atoms with van der Waals surface area (Å²) in [6.07, 6.45) is 0. The second-order valence-corrected chi connectivity index (χ2v) is 5.50. The molecule has 0 saturated heterocycles. The normalized spacial score (nSPS) is 10.3. The lowest BCUT2D eigenvalue weighted by Crippen LogP contribution is -2.12. The minimum atomic E-state index is -1.05. The second kappa shape index (κ2) is 7.57. The molecule has 0 radical (unpaired) electrons. The molecule has 0 aliphatic carbocycles. The molecule has 2 N–H and O–H groups in total. The highest BCUT2D eigenvalue weighted by Crippen LogP contribution is 2.16. The summed E-state index contributed by atoms with van der Waals surface area (Å²) in [6.45, 7) is 0.696. The van der Waals surface area contributed by atoms with Gasteiger partial charge >= 0.3 is 0 Å². The van der Waals surface area contributed by atoms with E-state index in [1.807, 2.05) is 42.5 Å². The number of hydrogen-bond acceptors (Lipinski definition) is 2. The molecule has 0 spiro atoms. The first-order chi connectivity index (χ1) is 12.1. The molecule has 0 aliphatic rings. The van der Waals surface area contributed by atoms with Crippen LogP contribution in [0.5, 0.6) is 0 Å². The standard InChI is InChI=1S/C20H16F2N2O/c21-18-11-6-15(12-19(18)22)20(25)24-17-9-7-16(8-10-17)23-13-14-4-2-1-3-5-14/h1-12,23H,13H2,(H,24,25). The lowest BCUT2D eigenvalue weighted by molar-refractivity contribution is 0.102. The Morgan fingerprint density at radius 1 is 0.800 bits per heavy atom. The average molecular weight is 338 g/mol. The Morgan fingerprint density at radius 2 is 1.48 bits per heavy atom. The molecule has 25 heavy (non-hydrogen) atoms. The fraction of sp³-hybridized carbons (Fsp3) is 0.0500. The lowest BCUT2D eigenvalue weighted by Gasteiger charge is -2.09. The topological polar surface area (TPSA) is 41.1 Å². The number of nitrogens with one attached hydrogen (secondary N) is 2. The van der Waals surface area contributed by atoms with E-state index in [9.17, 15) is 13.6 Å². The third-order valence-corrected chi connectivity index (χ3v) is 3.66. The van der Waals surface area contributed by atoms with Crippen LogP contribution in [0.15, 0.2) is 72.8 Å². The maximum absolute atomic E-state index is 13.2. The number of carbonyl (C=O) groups is 1. The van der Waals surface area contributed by atoms with Gasteiger partial charge in [0.2, 0.25) is 0 Å². The monoisotopic (exact) mass is 338 g/mol. The zero-order valence-electron chi connectivity index (χ0n) is 13.3. The van der Waals surface area contributed by atoms with Crippen molar-refractivity contribution in [2.24, 2.45) is 0 Å². The summed E-state index contributed by atoms with van der Waals surface area (Å²) in [5.74, 6) is -2.53. The minimum absolute atomic E-state index is 0.0604. The SMILES string of the molecule is O=C(Nc1ccc(NCc2ccccc2)cc1)c1ccc(F)c(F)c1. The van der Waals surface area contributed by atoms with Crippen LogP contribution in [0.1, 0.15) is 15.9 Å². The molecule has 3 nitrogen and oxygen atoms in total. The number of anilines is 2. The van der Waals surface area contributed by atoms with Crippen molar-refractivity contribution in [1.82, 2.24) is 0 Å². The van der Waals surface area contributed by atoms with Gasteiger partial charge in [-0.1, -0.05) is 30.3 Å². The van der Waals surface area contributed by atoms with Crippen molar-refractivity contribution in [2.45, 2.75) is 6.54 Å². The van der Waals surface area contributed by atoms with E-state index < -0.39 is 17.5 Å². The number of rotatable bonds is 5. The van der Waals surface area contributed by atoms with E-state index in [4.69, 9.17) is 0 Å². The summed E-state index contributed by atoms with van der Waals surface area (Å²) in [7, 11) is 0. The molecular formula is C20H16F2N2O. The van der Waals surface area contributed by atoms with Crippen molar-refractivity contribution in [1.29, 1.82) is 0 Å². The Morgan fingerprint density at radius 3 is 2.16 bits per heavy atom. The van der Waals surface area contributed by atoms with Crippen LogP contribution in [-0.2, 0) is 6.54 Å². The van der Waals surface area contributed by atoms with Gasteiger partial charge in [-0.05, 0) is 48.0 Å². The molecule has 0 unspecified atom stereocenters. The number of amides is 1. The minimum Gasteiger partial charge on any atom is -0.381 e. The highest BCUT2D eigenvalue weighted by molar-refractivity contribution is 6.04. The zero-order valence-corrected chi connectivity index (χ0v) is 13.3. The van der Waals surface area contributed by atoms with E-state index >= 15 is 0 Å². The predicted molar refractivity (Wildman–Crippen MR) is 94.5 cm³/mol. The third kappa shape index (κ3) is 4.41. The first kappa shape index (κ1) is 16.6. The Hall–Kier alpha value is -3.21. The molecule has 5 heteroatoms. The van der Waals surface area contributed by atoms with Crippen LogP contribution in [0.2, 0.25) is 0 Å². The summed E-state index contributed by atoms with van der Waals surface area (Å²) in [5, 5.41) is 5.93. The summed E-state index contributed by atoms with van der Waals surface area (Å²) in [5.41, 5.74) is 2.71. The quantitative estimate of drug-likeness (QED) is 0.700. The van der Waals surface area contributed by atoms with Crippen molar-refractivity contribution < 1.29 is 13.6 Å². The largest absolute Gasteiger partial charge is 0.381 e. The molecule has 3 rings (SSSR count).